The van der Waals surface area contributed by atoms with Gasteiger partial charge < -0.3 is 24.5 Å². The lowest BCUT2D eigenvalue weighted by Gasteiger charge is -2.31. The van der Waals surface area contributed by atoms with Crippen molar-refractivity contribution in [2.45, 2.75) is 32.6 Å². The Morgan fingerprint density at radius 1 is 1.29 bits per heavy atom. The number of carbonyl (C=O) groups is 3. The lowest BCUT2D eigenvalue weighted by Crippen LogP contribution is -2.41. The maximum absolute atomic E-state index is 12.3. The highest BCUT2D eigenvalue weighted by Crippen LogP contribution is 2.20. The number of nitrogens with zero attached hydrogens (tertiary/aromatic N) is 2. The molecule has 28 heavy (non-hydrogen) atoms. The van der Waals surface area contributed by atoms with Gasteiger partial charge in [-0.2, -0.15) is 0 Å². The summed E-state index contributed by atoms with van der Waals surface area (Å²) in [6.07, 6.45) is 3.58. The highest BCUT2D eigenvalue weighted by atomic mass is 16.5. The summed E-state index contributed by atoms with van der Waals surface area (Å²) >= 11 is 0. The van der Waals surface area contributed by atoms with E-state index in [0.29, 0.717) is 56.9 Å². The third-order valence-corrected chi connectivity index (χ3v) is 4.70. The first-order valence-electron chi connectivity index (χ1n) is 9.36. The highest BCUT2D eigenvalue weighted by molar-refractivity contribution is 5.92. The molecule has 2 aromatic heterocycles. The number of furan rings is 1. The monoisotopic (exact) mass is 388 g/mol. The lowest BCUT2D eigenvalue weighted by atomic mass is 9.95. The van der Waals surface area contributed by atoms with E-state index in [0.717, 1.165) is 0 Å². The average Bonchev–Trinajstić information content (AvgIpc) is 3.37. The standard InChI is InChI=1S/C19H24N4O5/c1-13-12-16(22-28-13)21-18(25)14-6-9-23(10-7-14)17(24)5-2-8-20-19(26)15-4-3-11-27-15/h3-4,11-12,14H,2,5-10H2,1H3,(H,20,26)(H,21,22,25). The van der Waals surface area contributed by atoms with Crippen molar-refractivity contribution in [3.8, 4) is 0 Å². The second kappa shape index (κ2) is 9.20. The summed E-state index contributed by atoms with van der Waals surface area (Å²) in [7, 11) is 0. The Bertz CT molecular complexity index is 806. The molecule has 3 heterocycles. The van der Waals surface area contributed by atoms with Crippen molar-refractivity contribution in [2.24, 2.45) is 5.92 Å². The van der Waals surface area contributed by atoms with Crippen LogP contribution in [0.1, 0.15) is 42.0 Å². The predicted octanol–water partition coefficient (Wildman–Crippen LogP) is 1.96. The molecule has 0 aromatic carbocycles. The minimum Gasteiger partial charge on any atom is -0.459 e. The van der Waals surface area contributed by atoms with Crippen molar-refractivity contribution in [3.05, 3.63) is 36.0 Å². The summed E-state index contributed by atoms with van der Waals surface area (Å²) in [6.45, 7) is 3.26. The molecule has 3 rings (SSSR count). The molecular formula is C19H24N4O5. The van der Waals surface area contributed by atoms with E-state index in [-0.39, 0.29) is 29.4 Å². The predicted molar refractivity (Wildman–Crippen MR) is 99.4 cm³/mol. The van der Waals surface area contributed by atoms with Gasteiger partial charge in [0.15, 0.2) is 11.6 Å². The van der Waals surface area contributed by atoms with Crippen LogP contribution >= 0.6 is 0 Å². The molecule has 0 aliphatic carbocycles. The van der Waals surface area contributed by atoms with Crippen molar-refractivity contribution in [1.29, 1.82) is 0 Å². The number of carbonyl (C=O) groups excluding carboxylic acids is 3. The normalized spacial score (nSPS) is 14.7. The summed E-state index contributed by atoms with van der Waals surface area (Å²) < 4.78 is 9.94. The first kappa shape index (κ1) is 19.7. The van der Waals surface area contributed by atoms with Gasteiger partial charge in [0.05, 0.1) is 6.26 Å². The number of rotatable bonds is 7. The quantitative estimate of drug-likeness (QED) is 0.700. The van der Waals surface area contributed by atoms with Crippen LogP contribution in [0.2, 0.25) is 0 Å². The van der Waals surface area contributed by atoms with Crippen LogP contribution in [-0.2, 0) is 9.59 Å². The van der Waals surface area contributed by atoms with Gasteiger partial charge in [0.1, 0.15) is 5.76 Å². The minimum atomic E-state index is -0.286. The fourth-order valence-electron chi connectivity index (χ4n) is 3.14. The average molecular weight is 388 g/mol. The third kappa shape index (κ3) is 5.21. The zero-order valence-corrected chi connectivity index (χ0v) is 15.8. The van der Waals surface area contributed by atoms with Crippen molar-refractivity contribution in [1.82, 2.24) is 15.4 Å². The number of aryl methyl sites for hydroxylation is 1. The van der Waals surface area contributed by atoms with E-state index < -0.39 is 0 Å². The molecule has 0 saturated carbocycles. The second-order valence-electron chi connectivity index (χ2n) is 6.80. The maximum Gasteiger partial charge on any atom is 0.286 e. The van der Waals surface area contributed by atoms with E-state index in [9.17, 15) is 14.4 Å². The van der Waals surface area contributed by atoms with Crippen LogP contribution in [0.3, 0.4) is 0 Å². The molecular weight excluding hydrogens is 364 g/mol. The Morgan fingerprint density at radius 3 is 2.71 bits per heavy atom. The third-order valence-electron chi connectivity index (χ3n) is 4.70. The molecule has 2 N–H and O–H groups in total. The smallest absolute Gasteiger partial charge is 0.286 e. The van der Waals surface area contributed by atoms with Crippen molar-refractivity contribution in [3.63, 3.8) is 0 Å². The van der Waals surface area contributed by atoms with Gasteiger partial charge in [0.2, 0.25) is 11.8 Å². The van der Waals surface area contributed by atoms with E-state index in [1.165, 1.54) is 6.26 Å². The minimum absolute atomic E-state index is 0.0400. The van der Waals surface area contributed by atoms with E-state index in [1.54, 1.807) is 30.0 Å². The number of amides is 3. The van der Waals surface area contributed by atoms with Gasteiger partial charge in [0, 0.05) is 38.0 Å². The lowest BCUT2D eigenvalue weighted by molar-refractivity contribution is -0.134. The number of nitrogens with one attached hydrogen (secondary N) is 2. The van der Waals surface area contributed by atoms with Crippen LogP contribution < -0.4 is 10.6 Å². The Hall–Kier alpha value is -3.10. The summed E-state index contributed by atoms with van der Waals surface area (Å²) in [5.74, 6) is 0.820. The Kier molecular flexibility index (Phi) is 6.46. The number of anilines is 1. The Balaban J connectivity index is 1.33. The zero-order valence-electron chi connectivity index (χ0n) is 15.8. The molecule has 1 fully saturated rings. The van der Waals surface area contributed by atoms with Crippen LogP contribution in [-0.4, -0.2) is 47.4 Å². The summed E-state index contributed by atoms with van der Waals surface area (Å²) in [5, 5.41) is 9.22. The zero-order chi connectivity index (χ0) is 19.9. The molecule has 0 bridgehead atoms. The van der Waals surface area contributed by atoms with Gasteiger partial charge in [-0.1, -0.05) is 5.16 Å². The van der Waals surface area contributed by atoms with Gasteiger partial charge in [0.25, 0.3) is 5.91 Å². The molecule has 0 unspecified atom stereocenters. The van der Waals surface area contributed by atoms with Crippen molar-refractivity contribution < 1.29 is 23.3 Å². The molecule has 0 radical (unpaired) electrons. The van der Waals surface area contributed by atoms with E-state index >= 15 is 0 Å². The summed E-state index contributed by atoms with van der Waals surface area (Å²) in [6, 6.07) is 4.90. The number of hydrogen-bond donors (Lipinski definition) is 2. The number of hydrogen-bond acceptors (Lipinski definition) is 6. The molecule has 9 heteroatoms. The fraction of sp³-hybridized carbons (Fsp3) is 0.474. The molecule has 2 aromatic rings. The van der Waals surface area contributed by atoms with Gasteiger partial charge in [-0.15, -0.1) is 0 Å². The maximum atomic E-state index is 12.3. The van der Waals surface area contributed by atoms with Crippen molar-refractivity contribution >= 4 is 23.5 Å². The molecule has 1 saturated heterocycles. The topological polar surface area (TPSA) is 118 Å². The molecule has 1 aliphatic rings. The number of aromatic nitrogens is 1. The van der Waals surface area contributed by atoms with Crippen LogP contribution in [0.15, 0.2) is 33.4 Å². The summed E-state index contributed by atoms with van der Waals surface area (Å²) in [4.78, 5) is 38.1. The van der Waals surface area contributed by atoms with Gasteiger partial charge in [-0.05, 0) is 38.3 Å². The van der Waals surface area contributed by atoms with E-state index in [4.69, 9.17) is 8.94 Å². The molecule has 9 nitrogen and oxygen atoms in total. The Morgan fingerprint density at radius 2 is 2.07 bits per heavy atom. The molecule has 1 aliphatic heterocycles. The molecule has 0 spiro atoms. The fourth-order valence-corrected chi connectivity index (χ4v) is 3.14. The molecule has 3 amide bonds. The second-order valence-corrected chi connectivity index (χ2v) is 6.80. The van der Waals surface area contributed by atoms with Gasteiger partial charge in [-0.25, -0.2) is 0 Å². The van der Waals surface area contributed by atoms with Crippen LogP contribution in [0, 0.1) is 12.8 Å². The first-order chi connectivity index (χ1) is 13.5. The van der Waals surface area contributed by atoms with E-state index in [2.05, 4.69) is 15.8 Å². The highest BCUT2D eigenvalue weighted by Gasteiger charge is 2.27. The van der Waals surface area contributed by atoms with Crippen LogP contribution in [0.25, 0.3) is 0 Å². The first-order valence-corrected chi connectivity index (χ1v) is 9.36. The largest absolute Gasteiger partial charge is 0.459 e. The molecule has 150 valence electrons. The SMILES string of the molecule is Cc1cc(NC(=O)C2CCN(C(=O)CCCNC(=O)c3ccco3)CC2)no1. The van der Waals surface area contributed by atoms with Gasteiger partial charge in [-0.3, -0.25) is 14.4 Å². The van der Waals surface area contributed by atoms with Crippen LogP contribution in [0.4, 0.5) is 5.82 Å². The number of likely N-dealkylation sites (tertiary alicyclic amines) is 1. The van der Waals surface area contributed by atoms with Crippen molar-refractivity contribution in [2.75, 3.05) is 25.0 Å². The van der Waals surface area contributed by atoms with Crippen LogP contribution in [0.5, 0.6) is 0 Å². The molecule has 0 atom stereocenters. The van der Waals surface area contributed by atoms with E-state index in [1.807, 2.05) is 0 Å². The number of piperidine rings is 1. The van der Waals surface area contributed by atoms with Gasteiger partial charge >= 0.3 is 0 Å². The Labute approximate surface area is 162 Å². The summed E-state index contributed by atoms with van der Waals surface area (Å²) in [5.41, 5.74) is 0.